The van der Waals surface area contributed by atoms with Crippen molar-refractivity contribution < 1.29 is 20.8 Å². The maximum atomic E-state index is 4.93. The van der Waals surface area contributed by atoms with E-state index in [1.165, 1.54) is 64.2 Å². The van der Waals surface area contributed by atoms with Crippen LogP contribution in [0.2, 0.25) is 0 Å². The van der Waals surface area contributed by atoms with Gasteiger partial charge in [-0.1, -0.05) is 69.2 Å². The first-order valence-corrected chi connectivity index (χ1v) is 15.0. The van der Waals surface area contributed by atoms with Crippen molar-refractivity contribution in [2.24, 2.45) is 23.7 Å². The molecule has 3 saturated carbocycles. The van der Waals surface area contributed by atoms with Gasteiger partial charge in [0.05, 0.1) is 0 Å². The van der Waals surface area contributed by atoms with E-state index in [9.17, 15) is 0 Å². The van der Waals surface area contributed by atoms with Crippen molar-refractivity contribution in [1.82, 2.24) is 0 Å². The molecule has 4 aliphatic carbocycles. The minimum atomic E-state index is -0.826. The van der Waals surface area contributed by atoms with E-state index in [-0.39, 0.29) is 14.9 Å². The van der Waals surface area contributed by atoms with Crippen molar-refractivity contribution in [2.45, 2.75) is 64.2 Å². The number of halogens is 2. The molecule has 3 fully saturated rings. The Kier molecular flexibility index (Phi) is 14.7. The van der Waals surface area contributed by atoms with Gasteiger partial charge in [0.2, 0.25) is 0 Å². The topological polar surface area (TPSA) is 0 Å². The van der Waals surface area contributed by atoms with Crippen LogP contribution in [0.3, 0.4) is 0 Å². The molecule has 0 N–H and O–H groups in total. The molecule has 0 bridgehead atoms. The van der Waals surface area contributed by atoms with Crippen molar-refractivity contribution in [3.8, 4) is 0 Å². The van der Waals surface area contributed by atoms with Gasteiger partial charge in [-0.15, -0.1) is 0 Å². The Balaban J connectivity index is 0.000000413. The van der Waals surface area contributed by atoms with Crippen LogP contribution in [0.5, 0.6) is 0 Å². The molecule has 132 valence electrons. The van der Waals surface area contributed by atoms with Crippen LogP contribution >= 0.6 is 17.0 Å². The third kappa shape index (κ3) is 7.79. The van der Waals surface area contributed by atoms with Gasteiger partial charge in [0.15, 0.2) is 0 Å². The summed E-state index contributed by atoms with van der Waals surface area (Å²) in [5, 5.41) is 0. The number of hydrogen-bond donors (Lipinski definition) is 0. The first-order valence-electron chi connectivity index (χ1n) is 8.68. The predicted molar refractivity (Wildman–Crippen MR) is 103 cm³/mol. The summed E-state index contributed by atoms with van der Waals surface area (Å²) >= 11 is -0.826. The number of hydrogen-bond acceptors (Lipinski definition) is 0. The zero-order valence-corrected chi connectivity index (χ0v) is 18.9. The van der Waals surface area contributed by atoms with E-state index < -0.39 is 20.8 Å². The first-order chi connectivity index (χ1) is 10.4. The Morgan fingerprint density at radius 3 is 1.65 bits per heavy atom. The van der Waals surface area contributed by atoms with Gasteiger partial charge in [0.1, 0.15) is 0 Å². The second-order valence-electron chi connectivity index (χ2n) is 6.78. The average molecular weight is 437 g/mol. The number of allylic oxidation sites excluding steroid dienone is 4. The van der Waals surface area contributed by atoms with Crippen LogP contribution in [0.15, 0.2) is 24.3 Å². The molecule has 0 spiro atoms. The quantitative estimate of drug-likeness (QED) is 0.340. The van der Waals surface area contributed by atoms with Gasteiger partial charge in [-0.05, 0) is 42.9 Å². The molecule has 0 amide bonds. The monoisotopic (exact) mass is 434 g/mol. The van der Waals surface area contributed by atoms with Crippen molar-refractivity contribution in [3.05, 3.63) is 39.2 Å². The fourth-order valence-corrected chi connectivity index (χ4v) is 4.70. The molecular weight excluding hydrogens is 402 g/mol. The molecule has 0 radical (unpaired) electrons. The molecule has 0 aromatic heterocycles. The fraction of sp³-hybridized carbons (Fsp3) is 0.700. The second-order valence-corrected chi connectivity index (χ2v) is 10.5. The Hall–Kier alpha value is 0.943. The average Bonchev–Trinajstić information content (AvgIpc) is 3.14. The van der Waals surface area contributed by atoms with Crippen LogP contribution in [0, 0.1) is 38.5 Å². The van der Waals surface area contributed by atoms with E-state index in [1.807, 2.05) is 0 Å². The maximum absolute atomic E-state index is 4.93. The van der Waals surface area contributed by atoms with E-state index in [2.05, 4.69) is 24.3 Å². The summed E-state index contributed by atoms with van der Waals surface area (Å²) in [6, 6.07) is 0. The van der Waals surface area contributed by atoms with E-state index in [1.54, 1.807) is 0 Å². The van der Waals surface area contributed by atoms with E-state index in [0.29, 0.717) is 0 Å². The third-order valence-corrected chi connectivity index (χ3v) is 5.59. The van der Waals surface area contributed by atoms with E-state index in [0.717, 1.165) is 23.7 Å². The van der Waals surface area contributed by atoms with Crippen LogP contribution in [0.1, 0.15) is 64.2 Å². The second kappa shape index (κ2) is 14.1. The molecule has 0 saturated heterocycles. The van der Waals surface area contributed by atoms with Gasteiger partial charge in [-0.3, -0.25) is 0 Å². The Morgan fingerprint density at radius 1 is 0.652 bits per heavy atom. The Labute approximate surface area is 164 Å². The Morgan fingerprint density at radius 2 is 1.13 bits per heavy atom. The standard InChI is InChI=1S/C13H18.C5H10.2CH3.2ClH.Zr/c1-2-5-11-8-9-12-7-3-6-10(4-1)13(11)12;1-2-4-5-3-1;;;;;/h1-2,4-5,10-13H,3,6-9H2;1-5H2;2*1H3;2*1H;/q;;2*-1;;;+4/p-2. The van der Waals surface area contributed by atoms with Gasteiger partial charge in [0, 0.05) is 0 Å². The van der Waals surface area contributed by atoms with Crippen molar-refractivity contribution in [2.75, 3.05) is 0 Å². The minimum absolute atomic E-state index is 0. The van der Waals surface area contributed by atoms with Crippen molar-refractivity contribution >= 4 is 17.0 Å². The van der Waals surface area contributed by atoms with Gasteiger partial charge >= 0.3 is 37.9 Å². The van der Waals surface area contributed by atoms with Crippen LogP contribution < -0.4 is 0 Å². The molecule has 4 rings (SSSR count). The van der Waals surface area contributed by atoms with Gasteiger partial charge in [0.25, 0.3) is 0 Å². The van der Waals surface area contributed by atoms with Crippen LogP contribution in [0.4, 0.5) is 0 Å². The first kappa shape index (κ1) is 23.9. The third-order valence-electron chi connectivity index (χ3n) is 5.59. The normalized spacial score (nSPS) is 32.4. The fourth-order valence-electron chi connectivity index (χ4n) is 4.70. The van der Waals surface area contributed by atoms with Crippen LogP contribution in [0.25, 0.3) is 0 Å². The molecule has 4 unspecified atom stereocenters. The molecule has 0 aromatic carbocycles. The van der Waals surface area contributed by atoms with Crippen LogP contribution in [-0.4, -0.2) is 0 Å². The molecule has 0 aliphatic heterocycles. The summed E-state index contributed by atoms with van der Waals surface area (Å²) in [6.45, 7) is 0. The number of rotatable bonds is 0. The molecule has 0 heterocycles. The Bertz CT molecular complexity index is 329. The van der Waals surface area contributed by atoms with Gasteiger partial charge < -0.3 is 14.9 Å². The van der Waals surface area contributed by atoms with Gasteiger partial charge in [-0.2, -0.15) is 0 Å². The zero-order valence-electron chi connectivity index (χ0n) is 14.9. The zero-order chi connectivity index (χ0) is 14.9. The molecule has 0 aromatic rings. The molecule has 0 nitrogen and oxygen atoms in total. The molecule has 4 aliphatic rings. The van der Waals surface area contributed by atoms with Crippen molar-refractivity contribution in [1.29, 1.82) is 0 Å². The predicted octanol–water partition coefficient (Wildman–Crippen LogP) is 7.78. The van der Waals surface area contributed by atoms with E-state index >= 15 is 0 Å². The van der Waals surface area contributed by atoms with Crippen LogP contribution in [-0.2, 0) is 20.8 Å². The van der Waals surface area contributed by atoms with Crippen molar-refractivity contribution in [3.63, 3.8) is 0 Å². The summed E-state index contributed by atoms with van der Waals surface area (Å²) in [5.41, 5.74) is 0. The molecule has 3 heteroatoms. The summed E-state index contributed by atoms with van der Waals surface area (Å²) < 4.78 is 0. The molecule has 23 heavy (non-hydrogen) atoms. The van der Waals surface area contributed by atoms with Gasteiger partial charge in [-0.25, -0.2) is 0 Å². The SMILES string of the molecule is C1=CC2CCCC3CCC(C=C1)C23.C1CCCC1.[CH3-].[CH3-].[Cl][Zr+2][Cl]. The molecule has 4 atom stereocenters. The summed E-state index contributed by atoms with van der Waals surface area (Å²) in [4.78, 5) is 0. The summed E-state index contributed by atoms with van der Waals surface area (Å²) in [5.74, 6) is 3.92. The summed E-state index contributed by atoms with van der Waals surface area (Å²) in [6.07, 6.45) is 24.4. The molecular formula is C20H34Cl2Zr. The summed E-state index contributed by atoms with van der Waals surface area (Å²) in [7, 11) is 9.87. The van der Waals surface area contributed by atoms with E-state index in [4.69, 9.17) is 17.0 Å².